The molecule has 0 aliphatic carbocycles. The Hall–Kier alpha value is -1.56. The number of benzene rings is 1. The number of anilines is 1. The lowest BCUT2D eigenvalue weighted by molar-refractivity contribution is -0.120. The van der Waals surface area contributed by atoms with E-state index >= 15 is 0 Å². The number of nitrogens with two attached hydrogens (primary N) is 1. The van der Waals surface area contributed by atoms with Crippen molar-refractivity contribution in [1.29, 1.82) is 0 Å². The van der Waals surface area contributed by atoms with Crippen LogP contribution in [0.3, 0.4) is 0 Å². The van der Waals surface area contributed by atoms with Gasteiger partial charge in [0, 0.05) is 23.6 Å². The minimum Gasteiger partial charge on any atom is -0.462 e. The van der Waals surface area contributed by atoms with Crippen molar-refractivity contribution in [1.82, 2.24) is 5.32 Å². The van der Waals surface area contributed by atoms with Gasteiger partial charge >= 0.3 is 5.97 Å². The van der Waals surface area contributed by atoms with E-state index in [-0.39, 0.29) is 12.5 Å². The number of nitrogen functional groups attached to an aromatic ring is 1. The minimum atomic E-state index is -0.428. The summed E-state index contributed by atoms with van der Waals surface area (Å²) >= 11 is 3.28. The van der Waals surface area contributed by atoms with E-state index in [2.05, 4.69) is 21.2 Å². The minimum absolute atomic E-state index is 0.0704. The fraction of sp³-hybridized carbons (Fsp3) is 0.385. The number of hydrogen-bond acceptors (Lipinski definition) is 4. The topological polar surface area (TPSA) is 81.4 Å². The molecule has 0 fully saturated rings. The standard InChI is InChI=1S/C13H17BrN2O3/c1-8-10(6-9(14)7-11(8)15)13(18)19-5-3-4-12(17)16-2/h6-7H,3-5,15H2,1-2H3,(H,16,17). The number of amides is 1. The lowest BCUT2D eigenvalue weighted by Crippen LogP contribution is -2.18. The van der Waals surface area contributed by atoms with Gasteiger partial charge in [0.15, 0.2) is 0 Å². The molecule has 0 atom stereocenters. The Kier molecular flexibility index (Phi) is 5.82. The largest absolute Gasteiger partial charge is 0.462 e. The molecule has 1 amide bonds. The summed E-state index contributed by atoms with van der Waals surface area (Å²) in [6.45, 7) is 1.97. The average molecular weight is 329 g/mol. The van der Waals surface area contributed by atoms with Crippen LogP contribution in [-0.2, 0) is 9.53 Å². The highest BCUT2D eigenvalue weighted by molar-refractivity contribution is 9.10. The normalized spacial score (nSPS) is 10.1. The lowest BCUT2D eigenvalue weighted by Gasteiger charge is -2.09. The van der Waals surface area contributed by atoms with Gasteiger partial charge in [0.1, 0.15) is 0 Å². The zero-order valence-corrected chi connectivity index (χ0v) is 12.5. The summed E-state index contributed by atoms with van der Waals surface area (Å²) in [4.78, 5) is 22.9. The van der Waals surface area contributed by atoms with Gasteiger partial charge in [0.05, 0.1) is 12.2 Å². The van der Waals surface area contributed by atoms with Crippen LogP contribution in [0.4, 0.5) is 5.69 Å². The maximum absolute atomic E-state index is 11.9. The Morgan fingerprint density at radius 1 is 1.42 bits per heavy atom. The molecule has 0 radical (unpaired) electrons. The Balaban J connectivity index is 2.57. The monoisotopic (exact) mass is 328 g/mol. The predicted molar refractivity (Wildman–Crippen MR) is 76.9 cm³/mol. The molecule has 0 saturated carbocycles. The van der Waals surface area contributed by atoms with Gasteiger partial charge in [-0.1, -0.05) is 15.9 Å². The molecule has 6 heteroatoms. The number of esters is 1. The molecule has 104 valence electrons. The van der Waals surface area contributed by atoms with Crippen molar-refractivity contribution in [2.24, 2.45) is 0 Å². The van der Waals surface area contributed by atoms with E-state index in [1.165, 1.54) is 0 Å². The van der Waals surface area contributed by atoms with Gasteiger partial charge in [-0.2, -0.15) is 0 Å². The molecule has 0 aliphatic rings. The van der Waals surface area contributed by atoms with Crippen LogP contribution in [0, 0.1) is 6.92 Å². The van der Waals surface area contributed by atoms with Crippen LogP contribution < -0.4 is 11.1 Å². The van der Waals surface area contributed by atoms with Gasteiger partial charge in [-0.05, 0) is 31.0 Å². The third kappa shape index (κ3) is 4.55. The van der Waals surface area contributed by atoms with Crippen molar-refractivity contribution in [2.45, 2.75) is 19.8 Å². The highest BCUT2D eigenvalue weighted by atomic mass is 79.9. The quantitative estimate of drug-likeness (QED) is 0.492. The molecule has 19 heavy (non-hydrogen) atoms. The first-order valence-electron chi connectivity index (χ1n) is 5.89. The number of carbonyl (C=O) groups excluding carboxylic acids is 2. The summed E-state index contributed by atoms with van der Waals surface area (Å²) in [5.74, 6) is -0.499. The maximum atomic E-state index is 11.9. The second-order valence-electron chi connectivity index (χ2n) is 4.08. The molecule has 0 bridgehead atoms. The molecule has 0 spiro atoms. The summed E-state index contributed by atoms with van der Waals surface area (Å²) in [6.07, 6.45) is 0.831. The first-order valence-corrected chi connectivity index (χ1v) is 6.68. The van der Waals surface area contributed by atoms with Gasteiger partial charge in [-0.15, -0.1) is 0 Å². The fourth-order valence-corrected chi connectivity index (χ4v) is 1.99. The summed E-state index contributed by atoms with van der Waals surface area (Å²) in [6, 6.07) is 3.41. The maximum Gasteiger partial charge on any atom is 0.338 e. The average Bonchev–Trinajstić information content (AvgIpc) is 2.38. The van der Waals surface area contributed by atoms with Crippen molar-refractivity contribution >= 4 is 33.5 Å². The number of rotatable bonds is 5. The lowest BCUT2D eigenvalue weighted by atomic mass is 10.1. The first-order chi connectivity index (χ1) is 8.95. The molecule has 1 aromatic carbocycles. The molecule has 5 nitrogen and oxygen atoms in total. The molecule has 0 aliphatic heterocycles. The van der Waals surface area contributed by atoms with Gasteiger partial charge < -0.3 is 15.8 Å². The molecule has 3 N–H and O–H groups in total. The molecular weight excluding hydrogens is 312 g/mol. The highest BCUT2D eigenvalue weighted by Crippen LogP contribution is 2.23. The Morgan fingerprint density at radius 3 is 2.74 bits per heavy atom. The molecule has 1 rings (SSSR count). The SMILES string of the molecule is CNC(=O)CCCOC(=O)c1cc(Br)cc(N)c1C. The van der Waals surface area contributed by atoms with Crippen LogP contribution >= 0.6 is 15.9 Å². The second kappa shape index (κ2) is 7.13. The van der Waals surface area contributed by atoms with Crippen LogP contribution in [0.15, 0.2) is 16.6 Å². The van der Waals surface area contributed by atoms with Crippen molar-refractivity contribution in [3.8, 4) is 0 Å². The van der Waals surface area contributed by atoms with E-state index in [0.29, 0.717) is 29.7 Å². The number of nitrogens with one attached hydrogen (secondary N) is 1. The fourth-order valence-electron chi connectivity index (χ4n) is 1.51. The van der Waals surface area contributed by atoms with Crippen LogP contribution in [-0.4, -0.2) is 25.5 Å². The van der Waals surface area contributed by atoms with Gasteiger partial charge in [0.2, 0.25) is 5.91 Å². The zero-order chi connectivity index (χ0) is 14.4. The van der Waals surface area contributed by atoms with Crippen LogP contribution in [0.25, 0.3) is 0 Å². The van der Waals surface area contributed by atoms with E-state index in [4.69, 9.17) is 10.5 Å². The first kappa shape index (κ1) is 15.5. The van der Waals surface area contributed by atoms with Crippen molar-refractivity contribution < 1.29 is 14.3 Å². The van der Waals surface area contributed by atoms with Gasteiger partial charge in [-0.25, -0.2) is 4.79 Å². The molecule has 0 heterocycles. The Bertz CT molecular complexity index is 489. The van der Waals surface area contributed by atoms with Crippen molar-refractivity contribution in [3.63, 3.8) is 0 Å². The summed E-state index contributed by atoms with van der Waals surface area (Å²) < 4.78 is 5.85. The molecule has 0 saturated heterocycles. The highest BCUT2D eigenvalue weighted by Gasteiger charge is 2.13. The number of ether oxygens (including phenoxy) is 1. The van der Waals surface area contributed by atoms with E-state index in [1.54, 1.807) is 26.1 Å². The molecule has 0 unspecified atom stereocenters. The number of carbonyl (C=O) groups is 2. The van der Waals surface area contributed by atoms with E-state index in [9.17, 15) is 9.59 Å². The Morgan fingerprint density at radius 2 is 2.11 bits per heavy atom. The van der Waals surface area contributed by atoms with Crippen LogP contribution in [0.1, 0.15) is 28.8 Å². The van der Waals surface area contributed by atoms with Crippen molar-refractivity contribution in [3.05, 3.63) is 27.7 Å². The van der Waals surface area contributed by atoms with Gasteiger partial charge in [0.25, 0.3) is 0 Å². The van der Waals surface area contributed by atoms with Crippen LogP contribution in [0.5, 0.6) is 0 Å². The summed E-state index contributed by atoms with van der Waals surface area (Å²) in [7, 11) is 1.57. The molecular formula is C13H17BrN2O3. The van der Waals surface area contributed by atoms with Gasteiger partial charge in [-0.3, -0.25) is 4.79 Å². The summed E-state index contributed by atoms with van der Waals surface area (Å²) in [5.41, 5.74) is 7.45. The number of hydrogen-bond donors (Lipinski definition) is 2. The summed E-state index contributed by atoms with van der Waals surface area (Å²) in [5, 5.41) is 2.51. The Labute approximate surface area is 120 Å². The predicted octanol–water partition coefficient (Wildman–Crippen LogP) is 2.02. The smallest absolute Gasteiger partial charge is 0.338 e. The zero-order valence-electron chi connectivity index (χ0n) is 11.0. The second-order valence-corrected chi connectivity index (χ2v) is 5.00. The third-order valence-corrected chi connectivity index (χ3v) is 3.15. The van der Waals surface area contributed by atoms with E-state index < -0.39 is 5.97 Å². The van der Waals surface area contributed by atoms with E-state index in [0.717, 1.165) is 4.47 Å². The third-order valence-electron chi connectivity index (χ3n) is 2.69. The van der Waals surface area contributed by atoms with E-state index in [1.807, 2.05) is 0 Å². The molecule has 1 aromatic rings. The number of halogens is 1. The molecule has 0 aromatic heterocycles. The van der Waals surface area contributed by atoms with Crippen molar-refractivity contribution in [2.75, 3.05) is 19.4 Å². The van der Waals surface area contributed by atoms with Crippen LogP contribution in [0.2, 0.25) is 0 Å².